The second-order valence-corrected chi connectivity index (χ2v) is 12.0. The van der Waals surface area contributed by atoms with E-state index in [-0.39, 0.29) is 11.7 Å². The molecule has 5 nitrogen and oxygen atoms in total. The van der Waals surface area contributed by atoms with Crippen LogP contribution in [0.3, 0.4) is 0 Å². The van der Waals surface area contributed by atoms with Gasteiger partial charge in [-0.2, -0.15) is 0 Å². The molecule has 2 aliphatic rings. The van der Waals surface area contributed by atoms with Crippen molar-refractivity contribution in [2.45, 2.75) is 88.7 Å². The largest absolute Gasteiger partial charge is 0.481 e. The topological polar surface area (TPSA) is 79.3 Å². The highest BCUT2D eigenvalue weighted by Crippen LogP contribution is 2.44. The molecule has 1 heterocycles. The fraction of sp³-hybridized carbons (Fsp3) is 0.792. The Labute approximate surface area is 195 Å². The predicted molar refractivity (Wildman–Crippen MR) is 129 cm³/mol. The van der Waals surface area contributed by atoms with Crippen LogP contribution in [0, 0.1) is 29.6 Å². The van der Waals surface area contributed by atoms with Crippen molar-refractivity contribution in [3.8, 4) is 0 Å². The van der Waals surface area contributed by atoms with Gasteiger partial charge in [0.25, 0.3) is 0 Å². The number of rotatable bonds is 10. The van der Waals surface area contributed by atoms with Crippen molar-refractivity contribution in [3.05, 3.63) is 6.20 Å². The Bertz CT molecular complexity index is 707. The number of aromatic nitrogens is 1. The summed E-state index contributed by atoms with van der Waals surface area (Å²) in [7, 11) is 0. The molecule has 2 fully saturated rings. The van der Waals surface area contributed by atoms with Gasteiger partial charge in [0.1, 0.15) is 0 Å². The van der Waals surface area contributed by atoms with E-state index >= 15 is 0 Å². The summed E-state index contributed by atoms with van der Waals surface area (Å²) in [5, 5.41) is 12.3. The Morgan fingerprint density at radius 2 is 1.74 bits per heavy atom. The first-order valence-electron chi connectivity index (χ1n) is 12.0. The number of hydrogen-bond donors (Lipinski definition) is 2. The SMILES string of the molecule is CC(C)C1CCC(C(CCC(=O)Nc2ncc(SCC(=O)O)s2)C2CCCCC2)CC1. The summed E-state index contributed by atoms with van der Waals surface area (Å²) in [6.45, 7) is 4.72. The monoisotopic (exact) mass is 466 g/mol. The molecule has 0 radical (unpaired) electrons. The Morgan fingerprint density at radius 1 is 1.10 bits per heavy atom. The zero-order chi connectivity index (χ0) is 22.2. The van der Waals surface area contributed by atoms with E-state index < -0.39 is 5.97 Å². The van der Waals surface area contributed by atoms with Crippen molar-refractivity contribution < 1.29 is 14.7 Å². The van der Waals surface area contributed by atoms with Crippen LogP contribution in [0.5, 0.6) is 0 Å². The zero-order valence-electron chi connectivity index (χ0n) is 19.0. The third kappa shape index (κ3) is 7.77. The standard InChI is InChI=1S/C24H38N2O3S2/c1-16(2)17-8-10-19(11-9-17)20(18-6-4-3-5-7-18)12-13-21(27)26-24-25-14-23(31-24)30-15-22(28)29/h14,16-20H,3-13,15H2,1-2H3,(H,28,29)(H,25,26,27). The Balaban J connectivity index is 1.52. The van der Waals surface area contributed by atoms with Crippen LogP contribution in [0.1, 0.15) is 84.5 Å². The average molecular weight is 467 g/mol. The first-order valence-corrected chi connectivity index (χ1v) is 13.8. The Morgan fingerprint density at radius 3 is 2.39 bits per heavy atom. The van der Waals surface area contributed by atoms with Gasteiger partial charge in [0.2, 0.25) is 5.91 Å². The quantitative estimate of drug-likeness (QED) is 0.375. The lowest BCUT2D eigenvalue weighted by atomic mass is 9.65. The molecular weight excluding hydrogens is 428 g/mol. The number of thioether (sulfide) groups is 1. The van der Waals surface area contributed by atoms with E-state index in [1.54, 1.807) is 6.20 Å². The normalized spacial score (nSPS) is 23.6. The molecular formula is C24H38N2O3S2. The molecule has 31 heavy (non-hydrogen) atoms. The maximum atomic E-state index is 12.7. The van der Waals surface area contributed by atoms with Gasteiger partial charge < -0.3 is 10.4 Å². The minimum Gasteiger partial charge on any atom is -0.481 e. The maximum absolute atomic E-state index is 12.7. The number of carbonyl (C=O) groups excluding carboxylic acids is 1. The van der Waals surface area contributed by atoms with E-state index in [4.69, 9.17) is 5.11 Å². The number of carbonyl (C=O) groups is 2. The smallest absolute Gasteiger partial charge is 0.313 e. The predicted octanol–water partition coefficient (Wildman–Crippen LogP) is 6.70. The first-order chi connectivity index (χ1) is 14.9. The van der Waals surface area contributed by atoms with Crippen LogP contribution >= 0.6 is 23.1 Å². The van der Waals surface area contributed by atoms with Crippen LogP contribution in [0.25, 0.3) is 0 Å². The van der Waals surface area contributed by atoms with Gasteiger partial charge >= 0.3 is 5.97 Å². The molecule has 3 rings (SSSR count). The van der Waals surface area contributed by atoms with Crippen molar-refractivity contribution >= 4 is 40.1 Å². The lowest BCUT2D eigenvalue weighted by molar-refractivity contribution is -0.133. The number of amides is 1. The number of aliphatic carboxylic acids is 1. The fourth-order valence-corrected chi connectivity index (χ4v) is 7.26. The summed E-state index contributed by atoms with van der Waals surface area (Å²) in [5.41, 5.74) is 0. The molecule has 0 aliphatic heterocycles. The van der Waals surface area contributed by atoms with Crippen LogP contribution in [0.15, 0.2) is 10.4 Å². The van der Waals surface area contributed by atoms with Crippen LogP contribution < -0.4 is 5.32 Å². The number of hydrogen-bond acceptors (Lipinski definition) is 5. The molecule has 7 heteroatoms. The van der Waals surface area contributed by atoms with Gasteiger partial charge in [0.15, 0.2) is 5.13 Å². The van der Waals surface area contributed by atoms with Crippen molar-refractivity contribution in [2.75, 3.05) is 11.1 Å². The van der Waals surface area contributed by atoms with Gasteiger partial charge in [-0.25, -0.2) is 4.98 Å². The fourth-order valence-electron chi connectivity index (χ4n) is 5.65. The van der Waals surface area contributed by atoms with Gasteiger partial charge in [0, 0.05) is 6.42 Å². The summed E-state index contributed by atoms with van der Waals surface area (Å²) in [5.74, 6) is 3.13. The number of thiazole rings is 1. The van der Waals surface area contributed by atoms with Crippen LogP contribution in [-0.2, 0) is 9.59 Å². The van der Waals surface area contributed by atoms with Crippen molar-refractivity contribution in [1.29, 1.82) is 0 Å². The summed E-state index contributed by atoms with van der Waals surface area (Å²) in [4.78, 5) is 27.6. The van der Waals surface area contributed by atoms with Crippen molar-refractivity contribution in [1.82, 2.24) is 4.98 Å². The molecule has 2 saturated carbocycles. The molecule has 1 atom stereocenters. The molecule has 2 aliphatic carbocycles. The second kappa shape index (κ2) is 12.2. The molecule has 1 amide bonds. The molecule has 174 valence electrons. The highest BCUT2D eigenvalue weighted by molar-refractivity contribution is 8.01. The maximum Gasteiger partial charge on any atom is 0.313 e. The minimum absolute atomic E-state index is 0.0116. The highest BCUT2D eigenvalue weighted by Gasteiger charge is 2.34. The van der Waals surface area contributed by atoms with E-state index in [1.807, 2.05) is 0 Å². The van der Waals surface area contributed by atoms with Gasteiger partial charge in [-0.05, 0) is 61.7 Å². The number of nitrogens with zero attached hydrogens (tertiary/aromatic N) is 1. The number of nitrogens with one attached hydrogen (secondary N) is 1. The van der Waals surface area contributed by atoms with E-state index in [0.29, 0.717) is 17.5 Å². The molecule has 0 aromatic carbocycles. The van der Waals surface area contributed by atoms with Gasteiger partial charge in [-0.15, -0.1) is 11.8 Å². The molecule has 1 aromatic heterocycles. The molecule has 2 N–H and O–H groups in total. The van der Waals surface area contributed by atoms with E-state index in [1.165, 1.54) is 80.9 Å². The first kappa shape index (κ1) is 24.6. The lowest BCUT2D eigenvalue weighted by Gasteiger charge is -2.40. The zero-order valence-corrected chi connectivity index (χ0v) is 20.6. The third-order valence-corrected chi connectivity index (χ3v) is 9.49. The molecule has 0 spiro atoms. The minimum atomic E-state index is -0.847. The van der Waals surface area contributed by atoms with Gasteiger partial charge in [-0.1, -0.05) is 57.3 Å². The van der Waals surface area contributed by atoms with Gasteiger partial charge in [0.05, 0.1) is 16.2 Å². The van der Waals surface area contributed by atoms with Crippen LogP contribution in [0.4, 0.5) is 5.13 Å². The Kier molecular flexibility index (Phi) is 9.70. The summed E-state index contributed by atoms with van der Waals surface area (Å²) < 4.78 is 0.819. The van der Waals surface area contributed by atoms with E-state index in [2.05, 4.69) is 24.1 Å². The average Bonchev–Trinajstić information content (AvgIpc) is 3.20. The van der Waals surface area contributed by atoms with Crippen LogP contribution in [-0.4, -0.2) is 27.7 Å². The number of anilines is 1. The van der Waals surface area contributed by atoms with Crippen molar-refractivity contribution in [3.63, 3.8) is 0 Å². The molecule has 0 bridgehead atoms. The lowest BCUT2D eigenvalue weighted by Crippen LogP contribution is -2.30. The molecule has 1 unspecified atom stereocenters. The van der Waals surface area contributed by atoms with Crippen LogP contribution in [0.2, 0.25) is 0 Å². The van der Waals surface area contributed by atoms with Crippen molar-refractivity contribution in [2.24, 2.45) is 29.6 Å². The molecule has 1 aromatic rings. The summed E-state index contributed by atoms with van der Waals surface area (Å²) in [6.07, 6.45) is 15.3. The number of carboxylic acid groups (broad SMARTS) is 1. The highest BCUT2D eigenvalue weighted by atomic mass is 32.2. The molecule has 0 saturated heterocycles. The van der Waals surface area contributed by atoms with E-state index in [9.17, 15) is 9.59 Å². The summed E-state index contributed by atoms with van der Waals surface area (Å²) in [6, 6.07) is 0. The second-order valence-electron chi connectivity index (χ2n) is 9.73. The van der Waals surface area contributed by atoms with E-state index in [0.717, 1.165) is 34.3 Å². The summed E-state index contributed by atoms with van der Waals surface area (Å²) >= 11 is 2.59. The number of carboxylic acids is 1. The van der Waals surface area contributed by atoms with Gasteiger partial charge in [-0.3, -0.25) is 9.59 Å². The third-order valence-electron chi connectivity index (χ3n) is 7.39. The Hall–Kier alpha value is -1.08.